The van der Waals surface area contributed by atoms with E-state index in [1.54, 1.807) is 0 Å². The smallest absolute Gasteiger partial charge is 0.179 e. The molecule has 104 valence electrons. The van der Waals surface area contributed by atoms with Crippen LogP contribution in [0.15, 0.2) is 28.7 Å². The van der Waals surface area contributed by atoms with Gasteiger partial charge in [-0.15, -0.1) is 0 Å². The van der Waals surface area contributed by atoms with Gasteiger partial charge in [0.15, 0.2) is 5.78 Å². The van der Waals surface area contributed by atoms with E-state index in [2.05, 4.69) is 27.9 Å². The normalized spacial score (nSPS) is 17.9. The van der Waals surface area contributed by atoms with Crippen molar-refractivity contribution >= 4 is 21.7 Å². The van der Waals surface area contributed by atoms with Crippen molar-refractivity contribution in [3.8, 4) is 0 Å². The van der Waals surface area contributed by atoms with Crippen molar-refractivity contribution in [2.75, 3.05) is 13.6 Å². The monoisotopic (exact) mass is 323 g/mol. The van der Waals surface area contributed by atoms with Gasteiger partial charge in [0.2, 0.25) is 0 Å². The highest BCUT2D eigenvalue weighted by Crippen LogP contribution is 2.26. The van der Waals surface area contributed by atoms with Gasteiger partial charge in [0.1, 0.15) is 0 Å². The molecule has 1 atom stereocenters. The second kappa shape index (κ2) is 6.67. The Kier molecular flexibility index (Phi) is 5.17. The topological polar surface area (TPSA) is 20.3 Å². The number of Topliss-reactive ketones (excluding diaryl/α,β-unsaturated/α-hetero) is 1. The van der Waals surface area contributed by atoms with Crippen LogP contribution in [-0.2, 0) is 0 Å². The van der Waals surface area contributed by atoms with E-state index in [1.165, 1.54) is 25.7 Å². The second-order valence-corrected chi connectivity index (χ2v) is 6.55. The number of halogens is 1. The van der Waals surface area contributed by atoms with Crippen LogP contribution in [0.4, 0.5) is 0 Å². The Morgan fingerprint density at radius 3 is 2.47 bits per heavy atom. The van der Waals surface area contributed by atoms with Gasteiger partial charge in [-0.3, -0.25) is 9.69 Å². The molecule has 2 rings (SSSR count). The molecule has 1 aliphatic carbocycles. The van der Waals surface area contributed by atoms with Gasteiger partial charge in [-0.05, 0) is 44.9 Å². The number of hydrogen-bond donors (Lipinski definition) is 0. The Morgan fingerprint density at radius 2 is 1.89 bits per heavy atom. The van der Waals surface area contributed by atoms with Crippen molar-refractivity contribution < 1.29 is 4.79 Å². The zero-order valence-electron chi connectivity index (χ0n) is 11.7. The first-order valence-corrected chi connectivity index (χ1v) is 7.87. The Hall–Kier alpha value is -0.670. The Balaban J connectivity index is 1.95. The number of carbonyl (C=O) groups is 1. The van der Waals surface area contributed by atoms with E-state index in [0.29, 0.717) is 0 Å². The summed E-state index contributed by atoms with van der Waals surface area (Å²) in [6.45, 7) is 3.06. The third kappa shape index (κ3) is 3.90. The minimum atomic E-state index is -0.0400. The maximum atomic E-state index is 12.4. The van der Waals surface area contributed by atoms with E-state index in [-0.39, 0.29) is 11.8 Å². The maximum absolute atomic E-state index is 12.4. The van der Waals surface area contributed by atoms with Gasteiger partial charge in [0, 0.05) is 16.6 Å². The quantitative estimate of drug-likeness (QED) is 0.759. The molecule has 1 aromatic rings. The molecule has 0 saturated heterocycles. The third-order valence-corrected chi connectivity index (χ3v) is 4.72. The molecule has 0 heterocycles. The molecular formula is C16H22BrNO. The van der Waals surface area contributed by atoms with E-state index >= 15 is 0 Å². The summed E-state index contributed by atoms with van der Waals surface area (Å²) in [5, 5.41) is 0. The van der Waals surface area contributed by atoms with Gasteiger partial charge >= 0.3 is 0 Å². The predicted molar refractivity (Wildman–Crippen MR) is 82.5 cm³/mol. The average Bonchev–Trinajstić information content (AvgIpc) is 2.90. The molecular weight excluding hydrogens is 302 g/mol. The van der Waals surface area contributed by atoms with E-state index in [0.717, 1.165) is 22.5 Å². The van der Waals surface area contributed by atoms with Crippen molar-refractivity contribution in [2.24, 2.45) is 5.92 Å². The fourth-order valence-electron chi connectivity index (χ4n) is 2.81. The molecule has 3 heteroatoms. The standard InChI is InChI=1S/C16H22BrNO/c1-12(18(2)11-13-5-3-4-6-13)16(19)14-7-9-15(17)10-8-14/h7-10,12-13H,3-6,11H2,1-2H3. The second-order valence-electron chi connectivity index (χ2n) is 5.64. The highest BCUT2D eigenvalue weighted by atomic mass is 79.9. The highest BCUT2D eigenvalue weighted by Gasteiger charge is 2.23. The maximum Gasteiger partial charge on any atom is 0.179 e. The molecule has 1 unspecified atom stereocenters. The molecule has 0 spiro atoms. The largest absolute Gasteiger partial charge is 0.296 e. The molecule has 0 aliphatic heterocycles. The van der Waals surface area contributed by atoms with Crippen LogP contribution in [0.5, 0.6) is 0 Å². The summed E-state index contributed by atoms with van der Waals surface area (Å²) in [5.41, 5.74) is 0.800. The lowest BCUT2D eigenvalue weighted by Crippen LogP contribution is -2.38. The van der Waals surface area contributed by atoms with Crippen LogP contribution >= 0.6 is 15.9 Å². The van der Waals surface area contributed by atoms with Crippen LogP contribution in [0, 0.1) is 5.92 Å². The predicted octanol–water partition coefficient (Wildman–Crippen LogP) is 4.14. The van der Waals surface area contributed by atoms with Crippen LogP contribution in [0.2, 0.25) is 0 Å². The lowest BCUT2D eigenvalue weighted by Gasteiger charge is -2.26. The van der Waals surface area contributed by atoms with Crippen LogP contribution in [0.3, 0.4) is 0 Å². The summed E-state index contributed by atoms with van der Waals surface area (Å²) in [5.74, 6) is 0.998. The SMILES string of the molecule is CC(C(=O)c1ccc(Br)cc1)N(C)CC1CCCC1. The molecule has 0 aromatic heterocycles. The lowest BCUT2D eigenvalue weighted by molar-refractivity contribution is 0.0853. The fourth-order valence-corrected chi connectivity index (χ4v) is 3.08. The van der Waals surface area contributed by atoms with Gasteiger partial charge in [-0.25, -0.2) is 0 Å². The molecule has 0 bridgehead atoms. The molecule has 1 aliphatic rings. The van der Waals surface area contributed by atoms with Crippen LogP contribution < -0.4 is 0 Å². The number of hydrogen-bond acceptors (Lipinski definition) is 2. The van der Waals surface area contributed by atoms with Crippen molar-refractivity contribution in [1.82, 2.24) is 4.90 Å². The molecule has 1 fully saturated rings. The van der Waals surface area contributed by atoms with Gasteiger partial charge in [0.25, 0.3) is 0 Å². The molecule has 0 radical (unpaired) electrons. The van der Waals surface area contributed by atoms with Crippen LogP contribution in [-0.4, -0.2) is 30.3 Å². The number of benzene rings is 1. The van der Waals surface area contributed by atoms with Crippen molar-refractivity contribution in [3.63, 3.8) is 0 Å². The first-order chi connectivity index (χ1) is 9.08. The number of likely N-dealkylation sites (N-methyl/N-ethyl adjacent to an activating group) is 1. The highest BCUT2D eigenvalue weighted by molar-refractivity contribution is 9.10. The molecule has 19 heavy (non-hydrogen) atoms. The van der Waals surface area contributed by atoms with Crippen LogP contribution in [0.1, 0.15) is 43.0 Å². The van der Waals surface area contributed by atoms with Crippen molar-refractivity contribution in [2.45, 2.75) is 38.6 Å². The first-order valence-electron chi connectivity index (χ1n) is 7.08. The van der Waals surface area contributed by atoms with Gasteiger partial charge in [-0.2, -0.15) is 0 Å². The summed E-state index contributed by atoms with van der Waals surface area (Å²) >= 11 is 3.40. The molecule has 1 saturated carbocycles. The Morgan fingerprint density at radius 1 is 1.32 bits per heavy atom. The van der Waals surface area contributed by atoms with Crippen LogP contribution in [0.25, 0.3) is 0 Å². The minimum absolute atomic E-state index is 0.0400. The zero-order valence-corrected chi connectivity index (χ0v) is 13.3. The van der Waals surface area contributed by atoms with Gasteiger partial charge < -0.3 is 0 Å². The fraction of sp³-hybridized carbons (Fsp3) is 0.562. The van der Waals surface area contributed by atoms with E-state index in [1.807, 2.05) is 31.2 Å². The van der Waals surface area contributed by atoms with E-state index < -0.39 is 0 Å². The minimum Gasteiger partial charge on any atom is -0.296 e. The zero-order chi connectivity index (χ0) is 13.8. The Bertz CT molecular complexity index is 423. The third-order valence-electron chi connectivity index (χ3n) is 4.19. The summed E-state index contributed by atoms with van der Waals surface area (Å²) in [7, 11) is 2.07. The Labute approximate surface area is 124 Å². The van der Waals surface area contributed by atoms with Gasteiger partial charge in [-0.1, -0.05) is 40.9 Å². The average molecular weight is 324 g/mol. The van der Waals surface area contributed by atoms with Gasteiger partial charge in [0.05, 0.1) is 6.04 Å². The molecule has 0 N–H and O–H groups in total. The summed E-state index contributed by atoms with van der Waals surface area (Å²) in [4.78, 5) is 14.6. The summed E-state index contributed by atoms with van der Waals surface area (Å²) < 4.78 is 1.01. The number of nitrogens with zero attached hydrogens (tertiary/aromatic N) is 1. The molecule has 2 nitrogen and oxygen atoms in total. The molecule has 0 amide bonds. The van der Waals surface area contributed by atoms with Crippen molar-refractivity contribution in [3.05, 3.63) is 34.3 Å². The molecule has 1 aromatic carbocycles. The van der Waals surface area contributed by atoms with E-state index in [4.69, 9.17) is 0 Å². The summed E-state index contributed by atoms with van der Waals surface area (Å²) in [6.07, 6.45) is 5.36. The van der Waals surface area contributed by atoms with Crippen molar-refractivity contribution in [1.29, 1.82) is 0 Å². The first kappa shape index (κ1) is 14.7. The number of carbonyl (C=O) groups excluding carboxylic acids is 1. The lowest BCUT2D eigenvalue weighted by atomic mass is 10.0. The number of rotatable bonds is 5. The summed E-state index contributed by atoms with van der Waals surface area (Å²) in [6, 6.07) is 7.61. The van der Waals surface area contributed by atoms with E-state index in [9.17, 15) is 4.79 Å². The number of ketones is 1.